The van der Waals surface area contributed by atoms with E-state index in [9.17, 15) is 4.79 Å². The summed E-state index contributed by atoms with van der Waals surface area (Å²) >= 11 is 0. The smallest absolute Gasteiger partial charge is 0.274 e. The zero-order valence-corrected chi connectivity index (χ0v) is 12.0. The molecule has 21 heavy (non-hydrogen) atoms. The van der Waals surface area contributed by atoms with Gasteiger partial charge in [-0.2, -0.15) is 5.10 Å². The third-order valence-electron chi connectivity index (χ3n) is 3.56. The van der Waals surface area contributed by atoms with Crippen LogP contribution in [0.15, 0.2) is 36.7 Å². The minimum Gasteiger partial charge on any atom is -0.368 e. The normalized spacial score (nSPS) is 18.7. The van der Waals surface area contributed by atoms with Gasteiger partial charge in [0, 0.05) is 25.5 Å². The van der Waals surface area contributed by atoms with Gasteiger partial charge in [0.25, 0.3) is 5.91 Å². The number of hydrogen-bond acceptors (Lipinski definition) is 4. The van der Waals surface area contributed by atoms with Crippen molar-refractivity contribution in [2.75, 3.05) is 19.7 Å². The fourth-order valence-corrected chi connectivity index (χ4v) is 2.39. The van der Waals surface area contributed by atoms with E-state index in [1.807, 2.05) is 31.3 Å². The lowest BCUT2D eigenvalue weighted by atomic mass is 10.2. The molecule has 2 aromatic rings. The minimum absolute atomic E-state index is 0.0496. The van der Waals surface area contributed by atoms with E-state index >= 15 is 0 Å². The molecule has 2 aromatic heterocycles. The summed E-state index contributed by atoms with van der Waals surface area (Å²) in [6, 6.07) is 7.48. The maximum atomic E-state index is 12.5. The van der Waals surface area contributed by atoms with Crippen molar-refractivity contribution in [1.29, 1.82) is 0 Å². The van der Waals surface area contributed by atoms with Crippen molar-refractivity contribution in [3.8, 4) is 0 Å². The van der Waals surface area contributed by atoms with Crippen LogP contribution in [0, 0.1) is 0 Å². The molecule has 0 aromatic carbocycles. The average molecular weight is 286 g/mol. The van der Waals surface area contributed by atoms with Crippen molar-refractivity contribution < 1.29 is 9.53 Å². The van der Waals surface area contributed by atoms with E-state index in [1.165, 1.54) is 0 Å². The highest BCUT2D eigenvalue weighted by atomic mass is 16.5. The Labute approximate surface area is 123 Å². The van der Waals surface area contributed by atoms with Crippen LogP contribution in [0.5, 0.6) is 0 Å². The van der Waals surface area contributed by atoms with E-state index in [0.717, 1.165) is 12.2 Å². The van der Waals surface area contributed by atoms with E-state index < -0.39 is 0 Å². The topological polar surface area (TPSA) is 60.2 Å². The summed E-state index contributed by atoms with van der Waals surface area (Å²) in [7, 11) is 0. The molecule has 1 fully saturated rings. The molecule has 3 heterocycles. The monoisotopic (exact) mass is 286 g/mol. The van der Waals surface area contributed by atoms with Gasteiger partial charge in [-0.1, -0.05) is 6.07 Å². The van der Waals surface area contributed by atoms with Gasteiger partial charge in [-0.25, -0.2) is 0 Å². The zero-order chi connectivity index (χ0) is 14.7. The van der Waals surface area contributed by atoms with Crippen LogP contribution in [-0.2, 0) is 11.3 Å². The molecule has 0 bridgehead atoms. The van der Waals surface area contributed by atoms with E-state index in [-0.39, 0.29) is 12.0 Å². The van der Waals surface area contributed by atoms with E-state index in [2.05, 4.69) is 10.1 Å². The standard InChI is InChI=1S/C15H18N4O2/c1-2-19-8-6-13(17-19)15(20)18-9-10-21-14(11-18)12-5-3-4-7-16-12/h3-8,14H,2,9-11H2,1H3/t14-/m0/s1. The summed E-state index contributed by atoms with van der Waals surface area (Å²) in [5.74, 6) is -0.0496. The number of aromatic nitrogens is 3. The molecule has 6 heteroatoms. The first kappa shape index (κ1) is 13.8. The van der Waals surface area contributed by atoms with Gasteiger partial charge < -0.3 is 9.64 Å². The summed E-state index contributed by atoms with van der Waals surface area (Å²) < 4.78 is 7.48. The number of amides is 1. The van der Waals surface area contributed by atoms with Gasteiger partial charge in [-0.15, -0.1) is 0 Å². The molecule has 0 unspecified atom stereocenters. The summed E-state index contributed by atoms with van der Waals surface area (Å²) in [5.41, 5.74) is 1.34. The molecule has 1 saturated heterocycles. The Morgan fingerprint density at radius 2 is 2.33 bits per heavy atom. The minimum atomic E-state index is -0.169. The summed E-state index contributed by atoms with van der Waals surface area (Å²) in [5, 5.41) is 4.27. The molecule has 0 aliphatic carbocycles. The molecule has 3 rings (SSSR count). The number of carbonyl (C=O) groups is 1. The molecule has 1 aliphatic heterocycles. The van der Waals surface area contributed by atoms with Crippen molar-refractivity contribution in [3.63, 3.8) is 0 Å². The van der Waals surface area contributed by atoms with Crippen LogP contribution in [0.3, 0.4) is 0 Å². The van der Waals surface area contributed by atoms with Crippen molar-refractivity contribution >= 4 is 5.91 Å². The fraction of sp³-hybridized carbons (Fsp3) is 0.400. The summed E-state index contributed by atoms with van der Waals surface area (Å²) in [4.78, 5) is 18.6. The van der Waals surface area contributed by atoms with Crippen molar-refractivity contribution in [1.82, 2.24) is 19.7 Å². The second-order valence-corrected chi connectivity index (χ2v) is 4.92. The zero-order valence-electron chi connectivity index (χ0n) is 12.0. The predicted molar refractivity (Wildman–Crippen MR) is 76.7 cm³/mol. The Morgan fingerprint density at radius 3 is 3.05 bits per heavy atom. The molecule has 1 atom stereocenters. The second kappa shape index (κ2) is 6.05. The molecule has 1 aliphatic rings. The predicted octanol–water partition coefficient (Wildman–Crippen LogP) is 1.51. The Hall–Kier alpha value is -2.21. The lowest BCUT2D eigenvalue weighted by Gasteiger charge is -2.32. The first-order valence-electron chi connectivity index (χ1n) is 7.13. The third kappa shape index (κ3) is 2.95. The fourth-order valence-electron chi connectivity index (χ4n) is 2.39. The maximum Gasteiger partial charge on any atom is 0.274 e. The Balaban J connectivity index is 1.72. The second-order valence-electron chi connectivity index (χ2n) is 4.92. The lowest BCUT2D eigenvalue weighted by molar-refractivity contribution is -0.0249. The molecule has 0 radical (unpaired) electrons. The molecule has 1 amide bonds. The van der Waals surface area contributed by atoms with Crippen LogP contribution in [0.1, 0.15) is 29.2 Å². The SMILES string of the molecule is CCn1ccc(C(=O)N2CCO[C@H](c3ccccn3)C2)n1. The molecule has 0 N–H and O–H groups in total. The van der Waals surface area contributed by atoms with Gasteiger partial charge in [0.1, 0.15) is 11.8 Å². The van der Waals surface area contributed by atoms with Gasteiger partial charge in [0.05, 0.1) is 18.8 Å². The van der Waals surface area contributed by atoms with Crippen LogP contribution >= 0.6 is 0 Å². The van der Waals surface area contributed by atoms with E-state index in [0.29, 0.717) is 25.4 Å². The van der Waals surface area contributed by atoms with Gasteiger partial charge >= 0.3 is 0 Å². The van der Waals surface area contributed by atoms with Crippen LogP contribution in [0.25, 0.3) is 0 Å². The van der Waals surface area contributed by atoms with Gasteiger partial charge in [-0.05, 0) is 25.1 Å². The van der Waals surface area contributed by atoms with Crippen molar-refractivity contribution in [3.05, 3.63) is 48.0 Å². The number of pyridine rings is 1. The molecular weight excluding hydrogens is 268 g/mol. The highest BCUT2D eigenvalue weighted by Crippen LogP contribution is 2.21. The largest absolute Gasteiger partial charge is 0.368 e. The molecule has 0 spiro atoms. The number of rotatable bonds is 3. The first-order chi connectivity index (χ1) is 10.3. The number of morpholine rings is 1. The Morgan fingerprint density at radius 1 is 1.43 bits per heavy atom. The number of hydrogen-bond donors (Lipinski definition) is 0. The van der Waals surface area contributed by atoms with Crippen LogP contribution in [-0.4, -0.2) is 45.3 Å². The summed E-state index contributed by atoms with van der Waals surface area (Å²) in [6.07, 6.45) is 3.39. The summed E-state index contributed by atoms with van der Waals surface area (Å²) in [6.45, 7) is 4.36. The highest BCUT2D eigenvalue weighted by molar-refractivity contribution is 5.92. The van der Waals surface area contributed by atoms with Gasteiger partial charge in [0.15, 0.2) is 0 Å². The van der Waals surface area contributed by atoms with Crippen LogP contribution < -0.4 is 0 Å². The van der Waals surface area contributed by atoms with Crippen molar-refractivity contribution in [2.45, 2.75) is 19.6 Å². The number of ether oxygens (including phenoxy) is 1. The van der Waals surface area contributed by atoms with Crippen LogP contribution in [0.2, 0.25) is 0 Å². The molecule has 6 nitrogen and oxygen atoms in total. The lowest BCUT2D eigenvalue weighted by Crippen LogP contribution is -2.42. The number of aryl methyl sites for hydroxylation is 1. The Kier molecular flexibility index (Phi) is 3.96. The third-order valence-corrected chi connectivity index (χ3v) is 3.56. The number of nitrogens with zero attached hydrogens (tertiary/aromatic N) is 4. The number of carbonyl (C=O) groups excluding carboxylic acids is 1. The maximum absolute atomic E-state index is 12.5. The van der Waals surface area contributed by atoms with Gasteiger partial charge in [0.2, 0.25) is 0 Å². The average Bonchev–Trinajstić information content (AvgIpc) is 3.04. The van der Waals surface area contributed by atoms with E-state index in [4.69, 9.17) is 4.74 Å². The highest BCUT2D eigenvalue weighted by Gasteiger charge is 2.27. The molecule has 110 valence electrons. The Bertz CT molecular complexity index is 611. The molecule has 0 saturated carbocycles. The van der Waals surface area contributed by atoms with Gasteiger partial charge in [-0.3, -0.25) is 14.5 Å². The first-order valence-corrected chi connectivity index (χ1v) is 7.13. The van der Waals surface area contributed by atoms with E-state index in [1.54, 1.807) is 21.8 Å². The quantitative estimate of drug-likeness (QED) is 0.858. The van der Waals surface area contributed by atoms with Crippen LogP contribution in [0.4, 0.5) is 0 Å². The van der Waals surface area contributed by atoms with Crippen molar-refractivity contribution in [2.24, 2.45) is 0 Å². The molecular formula is C15H18N4O2.